The quantitative estimate of drug-likeness (QED) is 0.370. The average Bonchev–Trinajstić information content (AvgIpc) is 3.45. The van der Waals surface area contributed by atoms with Gasteiger partial charge in [-0.05, 0) is 58.2 Å². The summed E-state index contributed by atoms with van der Waals surface area (Å²) in [7, 11) is -1.30. The second-order valence-electron chi connectivity index (χ2n) is 10.9. The van der Waals surface area contributed by atoms with Gasteiger partial charge in [0.2, 0.25) is 5.88 Å². The molecular formula is C28H26F4N2O3S. The topological polar surface area (TPSA) is 71.5 Å². The lowest BCUT2D eigenvalue weighted by molar-refractivity contribution is -0.139. The first-order chi connectivity index (χ1) is 18.0. The third-order valence-corrected chi connectivity index (χ3v) is 10.2. The predicted molar refractivity (Wildman–Crippen MR) is 137 cm³/mol. The number of carboxylic acid groups (broad SMARTS) is 1. The molecule has 10 heteroatoms. The first-order valence-electron chi connectivity index (χ1n) is 12.4. The van der Waals surface area contributed by atoms with Gasteiger partial charge in [-0.15, -0.1) is 10.5 Å². The number of aliphatic carboxylic acids is 1. The van der Waals surface area contributed by atoms with Crippen LogP contribution in [0.4, 0.5) is 17.6 Å². The number of pyridine rings is 1. The first kappa shape index (κ1) is 25.3. The van der Waals surface area contributed by atoms with E-state index in [2.05, 4.69) is 10.3 Å². The molecule has 1 fully saturated rings. The molecule has 2 unspecified atom stereocenters. The molecule has 2 aromatic rings. The van der Waals surface area contributed by atoms with E-state index in [-0.39, 0.29) is 29.9 Å². The summed E-state index contributed by atoms with van der Waals surface area (Å²) in [4.78, 5) is 15.0. The highest BCUT2D eigenvalue weighted by Crippen LogP contribution is 2.61. The Hall–Kier alpha value is -2.98. The van der Waals surface area contributed by atoms with Crippen molar-refractivity contribution in [2.24, 2.45) is 11.8 Å². The minimum Gasteiger partial charge on any atom is -0.481 e. The Morgan fingerprint density at radius 1 is 1.24 bits per heavy atom. The number of fused-ring (bicyclic) bond motifs is 4. The lowest BCUT2D eigenvalue weighted by Crippen LogP contribution is -2.42. The number of benzene rings is 1. The molecule has 3 heterocycles. The molecule has 5 atom stereocenters. The smallest absolute Gasteiger partial charge is 0.421 e. The monoisotopic (exact) mass is 546 g/mol. The Balaban J connectivity index is 1.30. The summed E-state index contributed by atoms with van der Waals surface area (Å²) in [6.45, 7) is 4.15. The maximum Gasteiger partial charge on any atom is 0.421 e. The van der Waals surface area contributed by atoms with Crippen LogP contribution in [0, 0.1) is 17.7 Å². The van der Waals surface area contributed by atoms with E-state index in [9.17, 15) is 23.1 Å². The lowest BCUT2D eigenvalue weighted by atomic mass is 9.78. The third kappa shape index (κ3) is 4.18. The number of nitrogens with one attached hydrogen (secondary N) is 1. The van der Waals surface area contributed by atoms with E-state index >= 15 is 4.39 Å². The molecule has 200 valence electrons. The molecule has 0 saturated heterocycles. The van der Waals surface area contributed by atoms with E-state index in [0.29, 0.717) is 30.0 Å². The molecule has 2 aliphatic carbocycles. The van der Waals surface area contributed by atoms with Crippen molar-refractivity contribution < 1.29 is 32.2 Å². The number of nitrogens with zero attached hydrogens (tertiary/aromatic N) is 1. The molecule has 1 aromatic carbocycles. The van der Waals surface area contributed by atoms with Crippen molar-refractivity contribution >= 4 is 21.3 Å². The highest BCUT2D eigenvalue weighted by Gasteiger charge is 2.60. The Morgan fingerprint density at radius 2 is 2.03 bits per heavy atom. The number of allylic oxidation sites excluding steroid dienone is 3. The van der Waals surface area contributed by atoms with Crippen LogP contribution in [0.15, 0.2) is 48.0 Å². The molecule has 38 heavy (non-hydrogen) atoms. The van der Waals surface area contributed by atoms with Crippen LogP contribution in [-0.2, 0) is 23.2 Å². The summed E-state index contributed by atoms with van der Waals surface area (Å²) >= 11 is 0. The predicted octanol–water partition coefficient (Wildman–Crippen LogP) is 5.74. The number of carboxylic acids is 1. The highest BCUT2D eigenvalue weighted by molar-refractivity contribution is 8.19. The van der Waals surface area contributed by atoms with Crippen molar-refractivity contribution in [3.05, 3.63) is 81.7 Å². The Bertz CT molecular complexity index is 1450. The number of rotatable bonds is 5. The van der Waals surface area contributed by atoms with Gasteiger partial charge in [0.25, 0.3) is 0 Å². The minimum atomic E-state index is -4.48. The van der Waals surface area contributed by atoms with Crippen LogP contribution in [0.3, 0.4) is 0 Å². The Labute approximate surface area is 219 Å². The van der Waals surface area contributed by atoms with Gasteiger partial charge in [-0.3, -0.25) is 4.79 Å². The average molecular weight is 547 g/mol. The summed E-state index contributed by atoms with van der Waals surface area (Å²) in [5.41, 5.74) is 3.00. The lowest BCUT2D eigenvalue weighted by Gasteiger charge is -2.40. The molecular weight excluding hydrogens is 520 g/mol. The number of alkyl halides is 3. The van der Waals surface area contributed by atoms with Gasteiger partial charge in [-0.2, -0.15) is 13.2 Å². The maximum atomic E-state index is 15.3. The molecule has 0 amide bonds. The summed E-state index contributed by atoms with van der Waals surface area (Å²) in [6.07, 6.45) is 1.93. The van der Waals surface area contributed by atoms with Crippen molar-refractivity contribution in [3.63, 3.8) is 0 Å². The van der Waals surface area contributed by atoms with Crippen molar-refractivity contribution in [2.75, 3.05) is 6.54 Å². The zero-order valence-corrected chi connectivity index (χ0v) is 21.5. The summed E-state index contributed by atoms with van der Waals surface area (Å²) in [5, 5.41) is 13.5. The fourth-order valence-electron chi connectivity index (χ4n) is 6.02. The van der Waals surface area contributed by atoms with Crippen LogP contribution in [0.25, 0.3) is 0 Å². The fourth-order valence-corrected chi connectivity index (χ4v) is 8.08. The standard InChI is InChI=1S/C28H26F4N2O3S/c1-27(2)13-34-25(38-6-4-3-5-21(38)28(30,31)32)16-8-15(20(29)10-19(16)27)12-37-22-9-14-7-17-23(18(14)11-33-22)24(17)26(35)36/h3-6,8-11,17,23-25,34H,7,12-13H2,1-2H3,(H,35,36)/t17-,23-,24+,25?,38?/m1/s1. The maximum absolute atomic E-state index is 15.3. The van der Waals surface area contributed by atoms with Gasteiger partial charge < -0.3 is 15.2 Å². The molecule has 2 aliphatic heterocycles. The van der Waals surface area contributed by atoms with Gasteiger partial charge in [-0.1, -0.05) is 26.0 Å². The number of carbonyl (C=O) groups is 1. The fraction of sp³-hybridized carbons (Fsp3) is 0.393. The van der Waals surface area contributed by atoms with Crippen molar-refractivity contribution in [2.45, 2.75) is 49.8 Å². The van der Waals surface area contributed by atoms with Gasteiger partial charge in [0.05, 0.1) is 16.2 Å². The largest absolute Gasteiger partial charge is 0.481 e. The molecule has 0 spiro atoms. The Kier molecular flexibility index (Phi) is 5.84. The molecule has 4 aliphatic rings. The van der Waals surface area contributed by atoms with E-state index in [1.165, 1.54) is 12.1 Å². The zero-order chi connectivity index (χ0) is 27.0. The summed E-state index contributed by atoms with van der Waals surface area (Å²) in [6, 6.07) is 4.82. The molecule has 1 aromatic heterocycles. The number of halogens is 4. The first-order valence-corrected chi connectivity index (χ1v) is 13.7. The van der Waals surface area contributed by atoms with Crippen LogP contribution < -0.4 is 10.1 Å². The summed E-state index contributed by atoms with van der Waals surface area (Å²) < 4.78 is 62.6. The number of ether oxygens (including phenoxy) is 1. The van der Waals surface area contributed by atoms with Crippen LogP contribution in [0.2, 0.25) is 0 Å². The normalized spacial score (nSPS) is 28.5. The number of hydrogen-bond donors (Lipinski definition) is 2. The van der Waals surface area contributed by atoms with E-state index in [0.717, 1.165) is 17.2 Å². The van der Waals surface area contributed by atoms with Crippen LogP contribution >= 0.6 is 10.5 Å². The third-order valence-electron chi connectivity index (χ3n) is 7.97. The van der Waals surface area contributed by atoms with E-state index < -0.39 is 44.1 Å². The molecule has 5 nitrogen and oxygen atoms in total. The van der Waals surface area contributed by atoms with E-state index in [1.807, 2.05) is 13.8 Å². The zero-order valence-electron chi connectivity index (χ0n) is 20.7. The van der Waals surface area contributed by atoms with Crippen molar-refractivity contribution in [1.29, 1.82) is 0 Å². The number of hydrogen-bond acceptors (Lipinski definition) is 4. The molecule has 0 radical (unpaired) electrons. The Morgan fingerprint density at radius 3 is 2.76 bits per heavy atom. The summed E-state index contributed by atoms with van der Waals surface area (Å²) in [5.74, 6) is -1.22. The van der Waals surface area contributed by atoms with Crippen LogP contribution in [0.1, 0.15) is 53.0 Å². The van der Waals surface area contributed by atoms with Gasteiger partial charge in [0, 0.05) is 35.7 Å². The van der Waals surface area contributed by atoms with Crippen molar-refractivity contribution in [1.82, 2.24) is 10.3 Å². The highest BCUT2D eigenvalue weighted by atomic mass is 32.2. The molecule has 2 N–H and O–H groups in total. The van der Waals surface area contributed by atoms with Crippen LogP contribution in [-0.4, -0.2) is 33.6 Å². The van der Waals surface area contributed by atoms with Gasteiger partial charge in [0.15, 0.2) is 0 Å². The second kappa shape index (κ2) is 8.77. The molecule has 1 saturated carbocycles. The van der Waals surface area contributed by atoms with Gasteiger partial charge in [-0.25, -0.2) is 9.37 Å². The minimum absolute atomic E-state index is 0.00200. The van der Waals surface area contributed by atoms with Crippen LogP contribution in [0.5, 0.6) is 5.88 Å². The van der Waals surface area contributed by atoms with Gasteiger partial charge >= 0.3 is 12.1 Å². The molecule has 0 bridgehead atoms. The van der Waals surface area contributed by atoms with E-state index in [4.69, 9.17) is 4.74 Å². The SMILES string of the molecule is CC1(C)CNC(S2=C(C(F)(F)F)C=CC=C2)c2cc(COc3cc4c(cn3)[C@H]3[C@@H](C4)[C@@H]3C(=O)O)c(F)cc21. The van der Waals surface area contributed by atoms with Crippen molar-refractivity contribution in [3.8, 4) is 5.88 Å². The van der Waals surface area contributed by atoms with E-state index in [1.54, 1.807) is 29.8 Å². The second-order valence-corrected chi connectivity index (χ2v) is 12.8. The molecule has 6 rings (SSSR count). The van der Waals surface area contributed by atoms with Gasteiger partial charge in [0.1, 0.15) is 12.4 Å². The number of aromatic nitrogens is 1.